The average Bonchev–Trinajstić information content (AvgIpc) is 3.14. The second kappa shape index (κ2) is 8.31. The Morgan fingerprint density at radius 1 is 1.03 bits per heavy atom. The summed E-state index contributed by atoms with van der Waals surface area (Å²) in [6.45, 7) is 3.97. The number of methoxy groups -OCH3 is 1. The number of hydrogen-bond acceptors (Lipinski definition) is 7. The highest BCUT2D eigenvalue weighted by Crippen LogP contribution is 2.35. The van der Waals surface area contributed by atoms with Crippen molar-refractivity contribution >= 4 is 39.1 Å². The molecular weight excluding hydrogens is 402 g/mol. The predicted octanol–water partition coefficient (Wildman–Crippen LogP) is 5.35. The summed E-state index contributed by atoms with van der Waals surface area (Å²) in [5.74, 6) is 1.15. The van der Waals surface area contributed by atoms with Crippen molar-refractivity contribution in [3.8, 4) is 17.0 Å². The van der Waals surface area contributed by atoms with Crippen LogP contribution in [0, 0.1) is 13.8 Å². The van der Waals surface area contributed by atoms with Gasteiger partial charge >= 0.3 is 0 Å². The standard InChI is InChI=1S/C22H19N3O2S2/c1-13-4-6-15(7-5-13)18(26)12-28-22-20-21(29-14(2)23-20)19(24-25-22)16-8-10-17(27-3)11-9-16/h4-11H,12H2,1-3H3. The fraction of sp³-hybridized carbons (Fsp3) is 0.182. The summed E-state index contributed by atoms with van der Waals surface area (Å²) in [6.07, 6.45) is 0. The van der Waals surface area contributed by atoms with Gasteiger partial charge in [-0.25, -0.2) is 4.98 Å². The van der Waals surface area contributed by atoms with Crippen molar-refractivity contribution in [1.82, 2.24) is 15.2 Å². The molecule has 2 heterocycles. The van der Waals surface area contributed by atoms with Crippen molar-refractivity contribution < 1.29 is 9.53 Å². The van der Waals surface area contributed by atoms with E-state index in [-0.39, 0.29) is 5.78 Å². The number of carbonyl (C=O) groups excluding carboxylic acids is 1. The quantitative estimate of drug-likeness (QED) is 0.309. The van der Waals surface area contributed by atoms with Crippen molar-refractivity contribution in [2.75, 3.05) is 12.9 Å². The van der Waals surface area contributed by atoms with Gasteiger partial charge in [-0.05, 0) is 38.1 Å². The van der Waals surface area contributed by atoms with Gasteiger partial charge in [0.2, 0.25) is 0 Å². The number of aryl methyl sites for hydroxylation is 2. The van der Waals surface area contributed by atoms with Crippen LogP contribution in [-0.4, -0.2) is 33.8 Å². The molecule has 0 saturated heterocycles. The zero-order chi connectivity index (χ0) is 20.4. The molecule has 29 heavy (non-hydrogen) atoms. The highest BCUT2D eigenvalue weighted by Gasteiger charge is 2.17. The summed E-state index contributed by atoms with van der Waals surface area (Å²) in [5.41, 5.74) is 4.39. The molecule has 0 N–H and O–H groups in total. The number of thiazole rings is 1. The number of ether oxygens (including phenoxy) is 1. The van der Waals surface area contributed by atoms with E-state index in [4.69, 9.17) is 4.74 Å². The molecule has 0 bridgehead atoms. The zero-order valence-electron chi connectivity index (χ0n) is 16.3. The second-order valence-corrected chi connectivity index (χ2v) is 8.74. The van der Waals surface area contributed by atoms with Crippen LogP contribution in [0.4, 0.5) is 0 Å². The molecule has 0 amide bonds. The zero-order valence-corrected chi connectivity index (χ0v) is 17.9. The highest BCUT2D eigenvalue weighted by molar-refractivity contribution is 8.00. The topological polar surface area (TPSA) is 65.0 Å². The summed E-state index contributed by atoms with van der Waals surface area (Å²) < 4.78 is 6.21. The Kier molecular flexibility index (Phi) is 5.60. The van der Waals surface area contributed by atoms with Crippen LogP contribution in [0.25, 0.3) is 21.5 Å². The number of ketones is 1. The van der Waals surface area contributed by atoms with E-state index in [0.29, 0.717) is 16.3 Å². The number of rotatable bonds is 6. The van der Waals surface area contributed by atoms with Crippen molar-refractivity contribution in [3.05, 3.63) is 64.7 Å². The van der Waals surface area contributed by atoms with Crippen LogP contribution in [0.3, 0.4) is 0 Å². The Balaban J connectivity index is 1.62. The smallest absolute Gasteiger partial charge is 0.173 e. The van der Waals surface area contributed by atoms with Gasteiger partial charge in [-0.15, -0.1) is 21.5 Å². The lowest BCUT2D eigenvalue weighted by atomic mass is 10.1. The van der Waals surface area contributed by atoms with Crippen LogP contribution < -0.4 is 4.74 Å². The van der Waals surface area contributed by atoms with Crippen LogP contribution >= 0.6 is 23.1 Å². The van der Waals surface area contributed by atoms with Crippen LogP contribution in [0.1, 0.15) is 20.9 Å². The van der Waals surface area contributed by atoms with Crippen LogP contribution in [0.2, 0.25) is 0 Å². The molecule has 0 atom stereocenters. The Bertz CT molecular complexity index is 1170. The first-order valence-electron chi connectivity index (χ1n) is 9.06. The fourth-order valence-corrected chi connectivity index (χ4v) is 4.72. The van der Waals surface area contributed by atoms with Crippen molar-refractivity contribution in [2.24, 2.45) is 0 Å². The van der Waals surface area contributed by atoms with Gasteiger partial charge < -0.3 is 4.74 Å². The monoisotopic (exact) mass is 421 g/mol. The molecule has 2 aromatic heterocycles. The number of Topliss-reactive ketones (excluding diaryl/α,β-unsaturated/α-hetero) is 1. The number of benzene rings is 2. The number of hydrogen-bond donors (Lipinski definition) is 0. The number of aromatic nitrogens is 3. The number of nitrogens with zero attached hydrogens (tertiary/aromatic N) is 3. The van der Waals surface area contributed by atoms with Gasteiger partial charge in [0.05, 0.1) is 22.6 Å². The molecule has 4 aromatic rings. The average molecular weight is 422 g/mol. The minimum absolute atomic E-state index is 0.0659. The molecule has 0 spiro atoms. The molecule has 5 nitrogen and oxygen atoms in total. The van der Waals surface area contributed by atoms with E-state index in [1.54, 1.807) is 18.4 Å². The van der Waals surface area contributed by atoms with Gasteiger partial charge in [-0.2, -0.15) is 0 Å². The van der Waals surface area contributed by atoms with Crippen molar-refractivity contribution in [3.63, 3.8) is 0 Å². The first-order chi connectivity index (χ1) is 14.0. The SMILES string of the molecule is COc1ccc(-c2nnc(SCC(=O)c3ccc(C)cc3)c3nc(C)sc23)cc1. The van der Waals surface area contributed by atoms with Gasteiger partial charge in [0.1, 0.15) is 22.0 Å². The van der Waals surface area contributed by atoms with Crippen molar-refractivity contribution in [2.45, 2.75) is 18.9 Å². The van der Waals surface area contributed by atoms with Gasteiger partial charge in [-0.3, -0.25) is 4.79 Å². The Morgan fingerprint density at radius 2 is 1.76 bits per heavy atom. The van der Waals surface area contributed by atoms with Crippen molar-refractivity contribution in [1.29, 1.82) is 0 Å². The summed E-state index contributed by atoms with van der Waals surface area (Å²) in [7, 11) is 1.64. The Hall–Kier alpha value is -2.77. The van der Waals surface area contributed by atoms with E-state index in [9.17, 15) is 4.79 Å². The molecule has 0 aliphatic heterocycles. The summed E-state index contributed by atoms with van der Waals surface area (Å²) >= 11 is 2.97. The molecule has 7 heteroatoms. The molecule has 0 aliphatic rings. The minimum atomic E-state index is 0.0659. The predicted molar refractivity (Wildman–Crippen MR) is 118 cm³/mol. The molecule has 4 rings (SSSR count). The normalized spacial score (nSPS) is 11.0. The minimum Gasteiger partial charge on any atom is -0.497 e. The summed E-state index contributed by atoms with van der Waals surface area (Å²) in [4.78, 5) is 17.2. The first-order valence-corrected chi connectivity index (χ1v) is 10.9. The van der Waals surface area contributed by atoms with E-state index in [1.807, 2.05) is 62.4 Å². The maximum Gasteiger partial charge on any atom is 0.173 e. The van der Waals surface area contributed by atoms with Gasteiger partial charge in [0.25, 0.3) is 0 Å². The molecule has 0 aliphatic carbocycles. The van der Waals surface area contributed by atoms with Crippen LogP contribution in [0.5, 0.6) is 5.75 Å². The molecule has 0 unspecified atom stereocenters. The van der Waals surface area contributed by atoms with Gasteiger partial charge in [0.15, 0.2) is 5.78 Å². The van der Waals surface area contributed by atoms with Crippen LogP contribution in [-0.2, 0) is 0 Å². The second-order valence-electron chi connectivity index (χ2n) is 6.57. The van der Waals surface area contributed by atoms with Gasteiger partial charge in [0, 0.05) is 11.1 Å². The van der Waals surface area contributed by atoms with Gasteiger partial charge in [-0.1, -0.05) is 41.6 Å². The summed E-state index contributed by atoms with van der Waals surface area (Å²) in [5, 5.41) is 10.5. The maximum absolute atomic E-state index is 12.5. The molecule has 2 aromatic carbocycles. The van der Waals surface area contributed by atoms with Crippen LogP contribution in [0.15, 0.2) is 53.6 Å². The molecule has 0 fully saturated rings. The number of thioether (sulfide) groups is 1. The first kappa shape index (κ1) is 19.5. The molecule has 146 valence electrons. The molecule has 0 saturated carbocycles. The maximum atomic E-state index is 12.5. The number of carbonyl (C=O) groups is 1. The molecule has 0 radical (unpaired) electrons. The van der Waals surface area contributed by atoms with E-state index < -0.39 is 0 Å². The van der Waals surface area contributed by atoms with E-state index in [2.05, 4.69) is 15.2 Å². The lowest BCUT2D eigenvalue weighted by molar-refractivity contribution is 0.102. The Labute approximate surface area is 177 Å². The molecular formula is C22H19N3O2S2. The lowest BCUT2D eigenvalue weighted by Gasteiger charge is -2.06. The van der Waals surface area contributed by atoms with E-state index in [0.717, 1.165) is 37.8 Å². The van der Waals surface area contributed by atoms with E-state index >= 15 is 0 Å². The number of fused-ring (bicyclic) bond motifs is 1. The largest absolute Gasteiger partial charge is 0.497 e. The fourth-order valence-electron chi connectivity index (χ4n) is 2.91. The third-order valence-corrected chi connectivity index (χ3v) is 6.40. The Morgan fingerprint density at radius 3 is 2.45 bits per heavy atom. The summed E-state index contributed by atoms with van der Waals surface area (Å²) in [6, 6.07) is 15.3. The third kappa shape index (κ3) is 4.16. The highest BCUT2D eigenvalue weighted by atomic mass is 32.2. The third-order valence-electron chi connectivity index (χ3n) is 4.47. The van der Waals surface area contributed by atoms with E-state index in [1.165, 1.54) is 11.8 Å². The lowest BCUT2D eigenvalue weighted by Crippen LogP contribution is -2.03.